The van der Waals surface area contributed by atoms with Crippen molar-refractivity contribution in [2.45, 2.75) is 26.2 Å². The second kappa shape index (κ2) is 10.1. The lowest BCUT2D eigenvalue weighted by Crippen LogP contribution is -2.12. The summed E-state index contributed by atoms with van der Waals surface area (Å²) in [5, 5.41) is 7.53. The second-order valence-electron chi connectivity index (χ2n) is 7.42. The van der Waals surface area contributed by atoms with Gasteiger partial charge in [-0.3, -0.25) is 4.79 Å². The lowest BCUT2D eigenvalue weighted by molar-refractivity contribution is -0.116. The number of rotatable bonds is 8. The van der Waals surface area contributed by atoms with E-state index in [1.807, 2.05) is 67.6 Å². The Hall–Kier alpha value is -4.00. The maximum Gasteiger partial charge on any atom is 0.226 e. The molecule has 4 aromatic rings. The van der Waals surface area contributed by atoms with Crippen molar-refractivity contribution in [3.63, 3.8) is 0 Å². The Morgan fingerprint density at radius 1 is 1.00 bits per heavy atom. The van der Waals surface area contributed by atoms with Crippen molar-refractivity contribution in [2.75, 3.05) is 5.32 Å². The molecule has 1 N–H and O–H groups in total. The lowest BCUT2D eigenvalue weighted by atomic mass is 10.1. The molecule has 0 spiro atoms. The van der Waals surface area contributed by atoms with Crippen LogP contribution in [-0.2, 0) is 17.6 Å². The van der Waals surface area contributed by atoms with Crippen LogP contribution in [-0.4, -0.2) is 15.7 Å². The molecule has 7 heteroatoms. The summed E-state index contributed by atoms with van der Waals surface area (Å²) in [4.78, 5) is 12.5. The number of benzene rings is 3. The van der Waals surface area contributed by atoms with Crippen LogP contribution in [0.2, 0.25) is 0 Å². The van der Waals surface area contributed by atoms with Gasteiger partial charge in [0, 0.05) is 23.7 Å². The molecule has 1 aromatic heterocycles. The smallest absolute Gasteiger partial charge is 0.226 e. The first-order valence-corrected chi connectivity index (χ1v) is 10.7. The molecule has 0 radical (unpaired) electrons. The third kappa shape index (κ3) is 5.26. The first-order valence-electron chi connectivity index (χ1n) is 10.7. The number of aryl methyl sites for hydroxylation is 1. The Labute approximate surface area is 190 Å². The number of para-hydroxylation sites is 2. The molecule has 0 aliphatic carbocycles. The van der Waals surface area contributed by atoms with Crippen LogP contribution in [0.3, 0.4) is 0 Å². The van der Waals surface area contributed by atoms with Crippen molar-refractivity contribution in [1.29, 1.82) is 0 Å². The molecular formula is C26H23F2N3O2. The van der Waals surface area contributed by atoms with Crippen LogP contribution in [0, 0.1) is 11.6 Å². The number of hydrogen-bond acceptors (Lipinski definition) is 3. The van der Waals surface area contributed by atoms with Gasteiger partial charge in [0.25, 0.3) is 0 Å². The van der Waals surface area contributed by atoms with E-state index in [0.717, 1.165) is 23.5 Å². The van der Waals surface area contributed by atoms with Crippen molar-refractivity contribution in [3.05, 3.63) is 102 Å². The number of nitrogens with zero attached hydrogens (tertiary/aromatic N) is 2. The molecule has 0 bridgehead atoms. The normalized spacial score (nSPS) is 10.8. The molecule has 33 heavy (non-hydrogen) atoms. The van der Waals surface area contributed by atoms with E-state index in [9.17, 15) is 13.6 Å². The van der Waals surface area contributed by atoms with Crippen molar-refractivity contribution < 1.29 is 18.3 Å². The maximum absolute atomic E-state index is 14.4. The van der Waals surface area contributed by atoms with Gasteiger partial charge in [0.05, 0.1) is 11.4 Å². The molecule has 1 heterocycles. The number of anilines is 1. The summed E-state index contributed by atoms with van der Waals surface area (Å²) in [5.41, 5.74) is 2.88. The van der Waals surface area contributed by atoms with Crippen LogP contribution in [0.1, 0.15) is 24.6 Å². The summed E-state index contributed by atoms with van der Waals surface area (Å²) in [5.74, 6) is -1.48. The van der Waals surface area contributed by atoms with Gasteiger partial charge in [-0.1, -0.05) is 43.3 Å². The van der Waals surface area contributed by atoms with E-state index in [0.29, 0.717) is 30.0 Å². The minimum Gasteiger partial charge on any atom is -0.436 e. The fraction of sp³-hybridized carbons (Fsp3) is 0.154. The van der Waals surface area contributed by atoms with Gasteiger partial charge in [0.15, 0.2) is 11.6 Å². The highest BCUT2D eigenvalue weighted by atomic mass is 19.1. The Balaban J connectivity index is 1.67. The van der Waals surface area contributed by atoms with E-state index in [1.165, 1.54) is 6.07 Å². The van der Waals surface area contributed by atoms with Gasteiger partial charge in [-0.05, 0) is 49.2 Å². The van der Waals surface area contributed by atoms with Crippen LogP contribution in [0.25, 0.3) is 5.69 Å². The predicted molar refractivity (Wildman–Crippen MR) is 123 cm³/mol. The van der Waals surface area contributed by atoms with Gasteiger partial charge in [0.1, 0.15) is 5.82 Å². The third-order valence-electron chi connectivity index (χ3n) is 5.12. The molecule has 4 rings (SSSR count). The first kappa shape index (κ1) is 22.2. The molecule has 1 amide bonds. The fourth-order valence-corrected chi connectivity index (χ4v) is 3.51. The third-order valence-corrected chi connectivity index (χ3v) is 5.12. The van der Waals surface area contributed by atoms with Gasteiger partial charge in [0.2, 0.25) is 11.8 Å². The minimum atomic E-state index is -0.818. The quantitative estimate of drug-likeness (QED) is 0.356. The van der Waals surface area contributed by atoms with E-state index in [1.54, 1.807) is 4.68 Å². The minimum absolute atomic E-state index is 0.119. The van der Waals surface area contributed by atoms with Gasteiger partial charge in [-0.2, -0.15) is 5.10 Å². The highest BCUT2D eigenvalue weighted by Gasteiger charge is 2.22. The van der Waals surface area contributed by atoms with E-state index in [2.05, 4.69) is 10.4 Å². The number of carbonyl (C=O) groups is 1. The number of ether oxygens (including phenoxy) is 1. The number of hydrogen-bond donors (Lipinski definition) is 1. The first-order chi connectivity index (χ1) is 16.0. The molecule has 0 saturated carbocycles. The van der Waals surface area contributed by atoms with Gasteiger partial charge in [-0.25, -0.2) is 13.5 Å². The standard InChI is InChI=1S/C26H23F2N3O2/c1-2-23-21(14-16-25(32)29-19-9-5-3-6-10-19)26(31(30-23)20-11-7-4-8-12-20)33-24-15-13-18(27)17-22(24)28/h3-13,15,17H,2,14,16H2,1H3,(H,29,32). The molecule has 0 aliphatic rings. The van der Waals surface area contributed by atoms with Crippen LogP contribution in [0.15, 0.2) is 78.9 Å². The number of halogens is 2. The highest BCUT2D eigenvalue weighted by molar-refractivity contribution is 5.90. The topological polar surface area (TPSA) is 56.2 Å². The Bertz CT molecular complexity index is 1240. The van der Waals surface area contributed by atoms with Crippen molar-refractivity contribution in [2.24, 2.45) is 0 Å². The SMILES string of the molecule is CCc1nn(-c2ccccc2)c(Oc2ccc(F)cc2F)c1CCC(=O)Nc1ccccc1. The summed E-state index contributed by atoms with van der Waals surface area (Å²) >= 11 is 0. The zero-order chi connectivity index (χ0) is 23.2. The number of carbonyl (C=O) groups excluding carboxylic acids is 1. The molecule has 0 saturated heterocycles. The number of amides is 1. The Morgan fingerprint density at radius 2 is 1.70 bits per heavy atom. The van der Waals surface area contributed by atoms with Gasteiger partial charge in [-0.15, -0.1) is 0 Å². The largest absolute Gasteiger partial charge is 0.436 e. The average molecular weight is 447 g/mol. The maximum atomic E-state index is 14.4. The lowest BCUT2D eigenvalue weighted by Gasteiger charge is -2.12. The number of nitrogens with one attached hydrogen (secondary N) is 1. The van der Waals surface area contributed by atoms with E-state index in [4.69, 9.17) is 4.74 Å². The monoisotopic (exact) mass is 447 g/mol. The average Bonchev–Trinajstić information content (AvgIpc) is 3.18. The molecule has 0 fully saturated rings. The fourth-order valence-electron chi connectivity index (χ4n) is 3.51. The van der Waals surface area contributed by atoms with Crippen molar-refractivity contribution >= 4 is 11.6 Å². The zero-order valence-corrected chi connectivity index (χ0v) is 18.1. The van der Waals surface area contributed by atoms with E-state index >= 15 is 0 Å². The summed E-state index contributed by atoms with van der Waals surface area (Å²) in [6.07, 6.45) is 1.12. The molecule has 0 atom stereocenters. The summed E-state index contributed by atoms with van der Waals surface area (Å²) < 4.78 is 35.3. The predicted octanol–water partition coefficient (Wildman–Crippen LogP) is 6.08. The van der Waals surface area contributed by atoms with Crippen LogP contribution < -0.4 is 10.1 Å². The molecule has 168 valence electrons. The number of aromatic nitrogens is 2. The van der Waals surface area contributed by atoms with Crippen LogP contribution in [0.4, 0.5) is 14.5 Å². The Kier molecular flexibility index (Phi) is 6.78. The van der Waals surface area contributed by atoms with Gasteiger partial charge >= 0.3 is 0 Å². The zero-order valence-electron chi connectivity index (χ0n) is 18.1. The molecule has 0 unspecified atom stereocenters. The Morgan fingerprint density at radius 3 is 2.36 bits per heavy atom. The van der Waals surface area contributed by atoms with Crippen LogP contribution in [0.5, 0.6) is 11.6 Å². The summed E-state index contributed by atoms with van der Waals surface area (Å²) in [6, 6.07) is 21.6. The highest BCUT2D eigenvalue weighted by Crippen LogP contribution is 2.33. The molecule has 5 nitrogen and oxygen atoms in total. The molecular weight excluding hydrogens is 424 g/mol. The van der Waals surface area contributed by atoms with Crippen molar-refractivity contribution in [1.82, 2.24) is 9.78 Å². The van der Waals surface area contributed by atoms with Crippen LogP contribution >= 0.6 is 0 Å². The van der Waals surface area contributed by atoms with Crippen molar-refractivity contribution in [3.8, 4) is 17.3 Å². The summed E-state index contributed by atoms with van der Waals surface area (Å²) in [7, 11) is 0. The van der Waals surface area contributed by atoms with E-state index < -0.39 is 11.6 Å². The second-order valence-corrected chi connectivity index (χ2v) is 7.42. The molecule has 3 aromatic carbocycles. The van der Waals surface area contributed by atoms with E-state index in [-0.39, 0.29) is 18.1 Å². The summed E-state index contributed by atoms with van der Waals surface area (Å²) in [6.45, 7) is 1.95. The van der Waals surface area contributed by atoms with Gasteiger partial charge < -0.3 is 10.1 Å². The molecule has 0 aliphatic heterocycles.